The molecule has 0 amide bonds. The van der Waals surface area contributed by atoms with Crippen LogP contribution in [0.25, 0.3) is 0 Å². The summed E-state index contributed by atoms with van der Waals surface area (Å²) in [5.41, 5.74) is 0. The van der Waals surface area contributed by atoms with Crippen LogP contribution in [-0.4, -0.2) is 6.10 Å². The highest BCUT2D eigenvalue weighted by molar-refractivity contribution is 4.98. The van der Waals surface area contributed by atoms with Crippen molar-refractivity contribution < 1.29 is 9.78 Å². The molecule has 2 nitrogen and oxygen atoms in total. The highest BCUT2D eigenvalue weighted by Gasteiger charge is 2.12. The van der Waals surface area contributed by atoms with Crippen molar-refractivity contribution in [1.82, 2.24) is 0 Å². The van der Waals surface area contributed by atoms with E-state index in [1.54, 1.807) is 0 Å². The third-order valence-electron chi connectivity index (χ3n) is 1.22. The van der Waals surface area contributed by atoms with Crippen LogP contribution in [-0.2, 0) is 9.78 Å². The zero-order valence-corrected chi connectivity index (χ0v) is 5.89. The lowest BCUT2D eigenvalue weighted by molar-refractivity contribution is -0.260. The van der Waals surface area contributed by atoms with Crippen molar-refractivity contribution in [2.24, 2.45) is 0 Å². The van der Waals surface area contributed by atoms with Gasteiger partial charge >= 0.3 is 0 Å². The summed E-state index contributed by atoms with van der Waals surface area (Å²) in [6.07, 6.45) is 4.25. The highest BCUT2D eigenvalue weighted by atomic mass is 17.2. The Morgan fingerprint density at radius 3 is 2.89 bits per heavy atom. The minimum absolute atomic E-state index is 0.145. The Morgan fingerprint density at radius 1 is 1.67 bits per heavy atom. The second-order valence-electron chi connectivity index (χ2n) is 2.27. The molecule has 0 N–H and O–H groups in total. The van der Waals surface area contributed by atoms with Gasteiger partial charge in [-0.25, -0.2) is 0 Å². The SMILES string of the molecule is CCCC1=CC(C)OO1. The van der Waals surface area contributed by atoms with Crippen LogP contribution in [0.15, 0.2) is 11.8 Å². The van der Waals surface area contributed by atoms with E-state index in [0.717, 1.165) is 18.6 Å². The maximum atomic E-state index is 4.87. The Labute approximate surface area is 55.4 Å². The van der Waals surface area contributed by atoms with Crippen LogP contribution in [0.4, 0.5) is 0 Å². The van der Waals surface area contributed by atoms with E-state index in [0.29, 0.717) is 0 Å². The Kier molecular flexibility index (Phi) is 2.11. The quantitative estimate of drug-likeness (QED) is 0.530. The average Bonchev–Trinajstić information content (AvgIpc) is 2.17. The van der Waals surface area contributed by atoms with E-state index in [1.807, 2.05) is 13.0 Å². The van der Waals surface area contributed by atoms with Crippen LogP contribution in [0.3, 0.4) is 0 Å². The molecular weight excluding hydrogens is 116 g/mol. The molecule has 0 aromatic rings. The zero-order chi connectivity index (χ0) is 6.69. The molecule has 2 heteroatoms. The van der Waals surface area contributed by atoms with Crippen LogP contribution >= 0.6 is 0 Å². The molecule has 1 aliphatic rings. The Bertz CT molecular complexity index is 118. The van der Waals surface area contributed by atoms with Crippen molar-refractivity contribution in [1.29, 1.82) is 0 Å². The van der Waals surface area contributed by atoms with E-state index in [2.05, 4.69) is 6.92 Å². The number of allylic oxidation sites excluding steroid dienone is 1. The number of hydrogen-bond acceptors (Lipinski definition) is 2. The molecule has 1 unspecified atom stereocenters. The lowest BCUT2D eigenvalue weighted by atomic mass is 10.2. The second kappa shape index (κ2) is 2.87. The fraction of sp³-hybridized carbons (Fsp3) is 0.714. The third kappa shape index (κ3) is 1.72. The molecule has 0 spiro atoms. The monoisotopic (exact) mass is 128 g/mol. The molecule has 0 saturated carbocycles. The second-order valence-corrected chi connectivity index (χ2v) is 2.27. The topological polar surface area (TPSA) is 18.5 Å². The normalized spacial score (nSPS) is 25.6. The van der Waals surface area contributed by atoms with Gasteiger partial charge in [-0.1, -0.05) is 6.92 Å². The summed E-state index contributed by atoms with van der Waals surface area (Å²) >= 11 is 0. The molecule has 1 heterocycles. The third-order valence-corrected chi connectivity index (χ3v) is 1.22. The van der Waals surface area contributed by atoms with Crippen LogP contribution in [0.2, 0.25) is 0 Å². The fourth-order valence-corrected chi connectivity index (χ4v) is 0.826. The van der Waals surface area contributed by atoms with Gasteiger partial charge in [-0.3, -0.25) is 0 Å². The van der Waals surface area contributed by atoms with E-state index >= 15 is 0 Å². The Balaban J connectivity index is 2.33. The first-order chi connectivity index (χ1) is 4.33. The molecule has 1 aliphatic heterocycles. The molecule has 0 aromatic heterocycles. The van der Waals surface area contributed by atoms with Crippen LogP contribution in [0, 0.1) is 0 Å². The summed E-state index contributed by atoms with van der Waals surface area (Å²) in [7, 11) is 0. The molecule has 0 saturated heterocycles. The fourth-order valence-electron chi connectivity index (χ4n) is 0.826. The van der Waals surface area contributed by atoms with Crippen molar-refractivity contribution in [3.8, 4) is 0 Å². The summed E-state index contributed by atoms with van der Waals surface area (Å²) in [5, 5.41) is 0. The maximum absolute atomic E-state index is 4.87. The van der Waals surface area contributed by atoms with E-state index in [9.17, 15) is 0 Å². The van der Waals surface area contributed by atoms with Crippen molar-refractivity contribution in [2.75, 3.05) is 0 Å². The van der Waals surface area contributed by atoms with Gasteiger partial charge in [0.25, 0.3) is 0 Å². The van der Waals surface area contributed by atoms with E-state index < -0.39 is 0 Å². The molecule has 52 valence electrons. The van der Waals surface area contributed by atoms with Gasteiger partial charge in [0.1, 0.15) is 11.9 Å². The smallest absolute Gasteiger partial charge is 0.141 e. The summed E-state index contributed by atoms with van der Waals surface area (Å²) in [4.78, 5) is 9.69. The number of rotatable bonds is 2. The molecule has 0 aromatic carbocycles. The maximum Gasteiger partial charge on any atom is 0.141 e. The first kappa shape index (κ1) is 6.62. The van der Waals surface area contributed by atoms with Crippen molar-refractivity contribution in [3.63, 3.8) is 0 Å². The standard InChI is InChI=1S/C7H12O2/c1-3-4-7-5-6(2)8-9-7/h5-6H,3-4H2,1-2H3. The molecule has 9 heavy (non-hydrogen) atoms. The summed E-state index contributed by atoms with van der Waals surface area (Å²) in [6, 6.07) is 0. The highest BCUT2D eigenvalue weighted by Crippen LogP contribution is 2.16. The van der Waals surface area contributed by atoms with Gasteiger partial charge in [-0.2, -0.15) is 4.89 Å². The minimum atomic E-state index is 0.145. The number of hydrogen-bond donors (Lipinski definition) is 0. The van der Waals surface area contributed by atoms with E-state index in [1.165, 1.54) is 0 Å². The van der Waals surface area contributed by atoms with Crippen molar-refractivity contribution >= 4 is 0 Å². The first-order valence-electron chi connectivity index (χ1n) is 3.37. The molecular formula is C7H12O2. The largest absolute Gasteiger partial charge is 0.342 e. The average molecular weight is 128 g/mol. The van der Waals surface area contributed by atoms with Crippen LogP contribution < -0.4 is 0 Å². The van der Waals surface area contributed by atoms with Gasteiger partial charge in [0.05, 0.1) is 0 Å². The van der Waals surface area contributed by atoms with Gasteiger partial charge in [0.2, 0.25) is 0 Å². The lowest BCUT2D eigenvalue weighted by Crippen LogP contribution is -1.93. The van der Waals surface area contributed by atoms with Gasteiger partial charge in [-0.15, -0.1) is 0 Å². The summed E-state index contributed by atoms with van der Waals surface area (Å²) in [5.74, 6) is 0.977. The molecule has 0 aliphatic carbocycles. The lowest BCUT2D eigenvalue weighted by Gasteiger charge is -1.97. The zero-order valence-electron chi connectivity index (χ0n) is 5.89. The van der Waals surface area contributed by atoms with Gasteiger partial charge in [0.15, 0.2) is 0 Å². The van der Waals surface area contributed by atoms with Crippen LogP contribution in [0.1, 0.15) is 26.7 Å². The summed E-state index contributed by atoms with van der Waals surface area (Å²) < 4.78 is 0. The van der Waals surface area contributed by atoms with Gasteiger partial charge < -0.3 is 4.89 Å². The van der Waals surface area contributed by atoms with Gasteiger partial charge in [-0.05, 0) is 19.4 Å². The molecule has 0 fully saturated rings. The summed E-state index contributed by atoms with van der Waals surface area (Å²) in [6.45, 7) is 4.08. The van der Waals surface area contributed by atoms with E-state index in [-0.39, 0.29) is 6.10 Å². The predicted molar refractivity (Wildman–Crippen MR) is 34.6 cm³/mol. The first-order valence-corrected chi connectivity index (χ1v) is 3.37. The van der Waals surface area contributed by atoms with E-state index in [4.69, 9.17) is 9.78 Å². The van der Waals surface area contributed by atoms with Crippen molar-refractivity contribution in [2.45, 2.75) is 32.8 Å². The predicted octanol–water partition coefficient (Wildman–Crippen LogP) is 2.02. The molecule has 1 atom stereocenters. The molecule has 0 bridgehead atoms. The van der Waals surface area contributed by atoms with Gasteiger partial charge in [0, 0.05) is 6.42 Å². The minimum Gasteiger partial charge on any atom is -0.342 e. The molecule has 1 rings (SSSR count). The van der Waals surface area contributed by atoms with Crippen LogP contribution in [0.5, 0.6) is 0 Å². The van der Waals surface area contributed by atoms with Crippen molar-refractivity contribution in [3.05, 3.63) is 11.8 Å². The Morgan fingerprint density at radius 2 is 2.44 bits per heavy atom. The Hall–Kier alpha value is -0.500. The molecule has 0 radical (unpaired) electrons.